The van der Waals surface area contributed by atoms with Gasteiger partial charge in [0.1, 0.15) is 5.52 Å². The van der Waals surface area contributed by atoms with Gasteiger partial charge in [-0.3, -0.25) is 4.79 Å². The van der Waals surface area contributed by atoms with Crippen molar-refractivity contribution < 1.29 is 9.53 Å². The van der Waals surface area contributed by atoms with Crippen LogP contribution in [0.2, 0.25) is 0 Å². The maximum absolute atomic E-state index is 12.6. The van der Waals surface area contributed by atoms with E-state index in [1.807, 2.05) is 41.3 Å². The minimum Gasteiger partial charge on any atom is -0.378 e. The topological polar surface area (TPSA) is 94.2 Å². The van der Waals surface area contributed by atoms with Gasteiger partial charge in [0.05, 0.1) is 30.1 Å². The Kier molecular flexibility index (Phi) is 5.16. The number of hydrogen-bond donors (Lipinski definition) is 1. The van der Waals surface area contributed by atoms with Crippen molar-refractivity contribution in [3.63, 3.8) is 0 Å². The number of rotatable bonds is 4. The number of aromatic nitrogens is 3. The van der Waals surface area contributed by atoms with Gasteiger partial charge in [-0.15, -0.1) is 0 Å². The molecular weight excluding hydrogens is 354 g/mol. The van der Waals surface area contributed by atoms with Crippen LogP contribution in [0, 0.1) is 0 Å². The summed E-state index contributed by atoms with van der Waals surface area (Å²) in [4.78, 5) is 27.8. The van der Waals surface area contributed by atoms with Gasteiger partial charge in [-0.05, 0) is 30.7 Å². The van der Waals surface area contributed by atoms with Crippen LogP contribution in [-0.2, 0) is 11.2 Å². The second-order valence-corrected chi connectivity index (χ2v) is 6.82. The van der Waals surface area contributed by atoms with E-state index in [0.29, 0.717) is 31.9 Å². The summed E-state index contributed by atoms with van der Waals surface area (Å²) in [7, 11) is 0. The number of amides is 1. The largest absolute Gasteiger partial charge is 0.378 e. The molecule has 0 bridgehead atoms. The Morgan fingerprint density at radius 3 is 2.54 bits per heavy atom. The summed E-state index contributed by atoms with van der Waals surface area (Å²) in [6.07, 6.45) is 1.75. The number of pyridine rings is 1. The van der Waals surface area contributed by atoms with Gasteiger partial charge >= 0.3 is 0 Å². The molecule has 0 spiro atoms. The number of ether oxygens (including phenoxy) is 1. The molecule has 3 heterocycles. The molecular formula is C21H23N5O2. The first kappa shape index (κ1) is 18.3. The number of aryl methyl sites for hydroxylation is 1. The SMILES string of the molecule is CCCc1nc(N)nc2ccc(-c3ccc(C(=O)N4CCOCC4)cc3)nc12. The van der Waals surface area contributed by atoms with Crippen molar-refractivity contribution in [2.75, 3.05) is 32.0 Å². The van der Waals surface area contributed by atoms with Gasteiger partial charge in [0.2, 0.25) is 5.95 Å². The van der Waals surface area contributed by atoms with Gasteiger partial charge in [-0.2, -0.15) is 0 Å². The molecule has 144 valence electrons. The first-order chi connectivity index (χ1) is 13.7. The van der Waals surface area contributed by atoms with E-state index in [9.17, 15) is 4.79 Å². The first-order valence-electron chi connectivity index (χ1n) is 9.56. The predicted octanol–water partition coefficient (Wildman–Crippen LogP) is 2.70. The molecule has 28 heavy (non-hydrogen) atoms. The fourth-order valence-corrected chi connectivity index (χ4v) is 3.40. The van der Waals surface area contributed by atoms with E-state index < -0.39 is 0 Å². The molecule has 2 N–H and O–H groups in total. The summed E-state index contributed by atoms with van der Waals surface area (Å²) in [5, 5.41) is 0. The Hall–Kier alpha value is -3.06. The van der Waals surface area contributed by atoms with Gasteiger partial charge in [0.25, 0.3) is 5.91 Å². The number of nitrogens with zero attached hydrogens (tertiary/aromatic N) is 4. The lowest BCUT2D eigenvalue weighted by Crippen LogP contribution is -2.40. The summed E-state index contributed by atoms with van der Waals surface area (Å²) in [6.45, 7) is 4.56. The normalized spacial score (nSPS) is 14.4. The maximum atomic E-state index is 12.6. The number of nitrogens with two attached hydrogens (primary N) is 1. The van der Waals surface area contributed by atoms with Gasteiger partial charge in [-0.1, -0.05) is 25.5 Å². The van der Waals surface area contributed by atoms with Crippen LogP contribution in [0.1, 0.15) is 29.4 Å². The van der Waals surface area contributed by atoms with E-state index in [1.54, 1.807) is 0 Å². The molecule has 0 saturated carbocycles. The maximum Gasteiger partial charge on any atom is 0.254 e. The summed E-state index contributed by atoms with van der Waals surface area (Å²) in [5.74, 6) is 0.312. The van der Waals surface area contributed by atoms with Crippen LogP contribution < -0.4 is 5.73 Å². The van der Waals surface area contributed by atoms with Crippen LogP contribution in [0.25, 0.3) is 22.3 Å². The predicted molar refractivity (Wildman–Crippen MR) is 108 cm³/mol. The van der Waals surface area contributed by atoms with Crippen LogP contribution in [0.3, 0.4) is 0 Å². The van der Waals surface area contributed by atoms with E-state index in [1.165, 1.54) is 0 Å². The Morgan fingerprint density at radius 1 is 1.07 bits per heavy atom. The van der Waals surface area contributed by atoms with Crippen LogP contribution in [0.4, 0.5) is 5.95 Å². The molecule has 0 aliphatic carbocycles. The Bertz CT molecular complexity index is 998. The lowest BCUT2D eigenvalue weighted by atomic mass is 10.1. The lowest BCUT2D eigenvalue weighted by molar-refractivity contribution is 0.0303. The number of fused-ring (bicyclic) bond motifs is 1. The monoisotopic (exact) mass is 377 g/mol. The van der Waals surface area contributed by atoms with Gasteiger partial charge < -0.3 is 15.4 Å². The number of anilines is 1. The van der Waals surface area contributed by atoms with Crippen LogP contribution >= 0.6 is 0 Å². The number of carbonyl (C=O) groups excluding carboxylic acids is 1. The van der Waals surface area contributed by atoms with E-state index >= 15 is 0 Å². The second-order valence-electron chi connectivity index (χ2n) is 6.82. The molecule has 7 nitrogen and oxygen atoms in total. The zero-order valence-electron chi connectivity index (χ0n) is 15.9. The summed E-state index contributed by atoms with van der Waals surface area (Å²) >= 11 is 0. The minimum atomic E-state index is 0.0374. The highest BCUT2D eigenvalue weighted by Gasteiger charge is 2.18. The fourth-order valence-electron chi connectivity index (χ4n) is 3.40. The number of morpholine rings is 1. The van der Waals surface area contributed by atoms with Gasteiger partial charge in [-0.25, -0.2) is 15.0 Å². The number of hydrogen-bond acceptors (Lipinski definition) is 6. The standard InChI is InChI=1S/C21H23N5O2/c1-2-3-17-19-18(25-21(22)24-17)9-8-16(23-19)14-4-6-15(7-5-14)20(27)26-10-12-28-13-11-26/h4-9H,2-3,10-13H2,1H3,(H2,22,24,25). The third kappa shape index (κ3) is 3.66. The Morgan fingerprint density at radius 2 is 1.82 bits per heavy atom. The van der Waals surface area contributed by atoms with Crippen molar-refractivity contribution in [1.82, 2.24) is 19.9 Å². The molecule has 0 unspecified atom stereocenters. The molecule has 1 fully saturated rings. The summed E-state index contributed by atoms with van der Waals surface area (Å²) in [6, 6.07) is 11.4. The van der Waals surface area contributed by atoms with Crippen LogP contribution in [0.15, 0.2) is 36.4 Å². The fraction of sp³-hybridized carbons (Fsp3) is 0.333. The Balaban J connectivity index is 1.63. The highest BCUT2D eigenvalue weighted by Crippen LogP contribution is 2.23. The molecule has 1 saturated heterocycles. The number of carbonyl (C=O) groups is 1. The number of benzene rings is 1. The molecule has 7 heteroatoms. The van der Waals surface area contributed by atoms with E-state index in [0.717, 1.165) is 40.8 Å². The summed E-state index contributed by atoms with van der Waals surface area (Å²) in [5.41, 5.74) is 10.7. The minimum absolute atomic E-state index is 0.0374. The molecule has 1 aliphatic heterocycles. The van der Waals surface area contributed by atoms with Crippen LogP contribution in [-0.4, -0.2) is 52.1 Å². The van der Waals surface area contributed by atoms with Crippen molar-refractivity contribution in [3.05, 3.63) is 47.7 Å². The third-order valence-corrected chi connectivity index (χ3v) is 4.84. The zero-order valence-corrected chi connectivity index (χ0v) is 15.9. The second kappa shape index (κ2) is 7.90. The quantitative estimate of drug-likeness (QED) is 0.751. The average molecular weight is 377 g/mol. The first-order valence-corrected chi connectivity index (χ1v) is 9.56. The molecule has 1 amide bonds. The van der Waals surface area contributed by atoms with Crippen molar-refractivity contribution in [2.45, 2.75) is 19.8 Å². The van der Waals surface area contributed by atoms with Crippen LogP contribution in [0.5, 0.6) is 0 Å². The van der Waals surface area contributed by atoms with Gasteiger partial charge in [0.15, 0.2) is 0 Å². The van der Waals surface area contributed by atoms with Crippen molar-refractivity contribution in [3.8, 4) is 11.3 Å². The molecule has 0 atom stereocenters. The van der Waals surface area contributed by atoms with E-state index in [4.69, 9.17) is 15.5 Å². The third-order valence-electron chi connectivity index (χ3n) is 4.84. The smallest absolute Gasteiger partial charge is 0.254 e. The van der Waals surface area contributed by atoms with E-state index in [-0.39, 0.29) is 11.9 Å². The average Bonchev–Trinajstić information content (AvgIpc) is 2.74. The van der Waals surface area contributed by atoms with Gasteiger partial charge in [0, 0.05) is 24.2 Å². The molecule has 0 radical (unpaired) electrons. The van der Waals surface area contributed by atoms with Crippen molar-refractivity contribution in [1.29, 1.82) is 0 Å². The molecule has 3 aromatic rings. The molecule has 4 rings (SSSR count). The zero-order chi connectivity index (χ0) is 19.5. The highest BCUT2D eigenvalue weighted by molar-refractivity contribution is 5.94. The van der Waals surface area contributed by atoms with Crippen molar-refractivity contribution >= 4 is 22.9 Å². The number of nitrogen functional groups attached to an aromatic ring is 1. The van der Waals surface area contributed by atoms with E-state index in [2.05, 4.69) is 16.9 Å². The molecule has 1 aliphatic rings. The highest BCUT2D eigenvalue weighted by atomic mass is 16.5. The molecule has 1 aromatic carbocycles. The molecule has 2 aromatic heterocycles. The lowest BCUT2D eigenvalue weighted by Gasteiger charge is -2.26. The summed E-state index contributed by atoms with van der Waals surface area (Å²) < 4.78 is 5.31. The van der Waals surface area contributed by atoms with Crippen molar-refractivity contribution in [2.24, 2.45) is 0 Å². The Labute approximate surface area is 163 Å².